The zero-order chi connectivity index (χ0) is 12.1. The van der Waals surface area contributed by atoms with E-state index in [2.05, 4.69) is 4.74 Å². The molecule has 0 saturated heterocycles. The topological polar surface area (TPSA) is 43.4 Å². The van der Waals surface area contributed by atoms with Crippen LogP contribution in [0.1, 0.15) is 16.8 Å². The highest BCUT2D eigenvalue weighted by atomic mass is 35.5. The van der Waals surface area contributed by atoms with Crippen molar-refractivity contribution in [1.82, 2.24) is 0 Å². The summed E-state index contributed by atoms with van der Waals surface area (Å²) in [4.78, 5) is 22.7. The Morgan fingerprint density at radius 2 is 2.12 bits per heavy atom. The summed E-state index contributed by atoms with van der Waals surface area (Å²) < 4.78 is 17.4. The van der Waals surface area contributed by atoms with Crippen LogP contribution in [0, 0.1) is 5.82 Å². The molecule has 0 atom stereocenters. The summed E-state index contributed by atoms with van der Waals surface area (Å²) in [5, 5.41) is -0.134. The summed E-state index contributed by atoms with van der Waals surface area (Å²) in [5.41, 5.74) is 0.218. The Hall–Kier alpha value is -1.26. The number of rotatable bonds is 5. The molecule has 0 aliphatic carbocycles. The van der Waals surface area contributed by atoms with Crippen molar-refractivity contribution in [3.05, 3.63) is 34.6 Å². The molecule has 0 amide bonds. The van der Waals surface area contributed by atoms with Crippen LogP contribution in [0.5, 0.6) is 0 Å². The molecule has 0 aliphatic rings. The third-order valence-corrected chi connectivity index (χ3v) is 2.19. The molecule has 16 heavy (non-hydrogen) atoms. The number of hydrogen-bond donors (Lipinski definition) is 0. The molecule has 3 nitrogen and oxygen atoms in total. The maximum atomic E-state index is 12.8. The number of methoxy groups -OCH3 is 1. The quantitative estimate of drug-likeness (QED) is 0.590. The summed E-state index contributed by atoms with van der Waals surface area (Å²) in [6.45, 7) is -0.110. The van der Waals surface area contributed by atoms with Crippen molar-refractivity contribution in [2.45, 2.75) is 6.42 Å². The van der Waals surface area contributed by atoms with Gasteiger partial charge in [0.25, 0.3) is 0 Å². The van der Waals surface area contributed by atoms with Crippen LogP contribution < -0.4 is 0 Å². The number of carbonyl (C=O) groups excluding carboxylic acids is 2. The second kappa shape index (κ2) is 5.72. The summed E-state index contributed by atoms with van der Waals surface area (Å²) in [6, 6.07) is 3.60. The molecule has 0 aliphatic heterocycles. The minimum absolute atomic E-state index is 0.110. The van der Waals surface area contributed by atoms with Gasteiger partial charge in [0, 0.05) is 12.7 Å². The van der Waals surface area contributed by atoms with Crippen molar-refractivity contribution in [3.63, 3.8) is 0 Å². The second-order valence-electron chi connectivity index (χ2n) is 3.20. The van der Waals surface area contributed by atoms with Crippen molar-refractivity contribution >= 4 is 23.2 Å². The van der Waals surface area contributed by atoms with Gasteiger partial charge in [0.05, 0.1) is 11.4 Å². The molecular formula is C11H10ClFO3. The van der Waals surface area contributed by atoms with Crippen LogP contribution >= 0.6 is 11.6 Å². The molecular weight excluding hydrogens is 235 g/mol. The Bertz CT molecular complexity index is 418. The molecule has 0 saturated carbocycles. The summed E-state index contributed by atoms with van der Waals surface area (Å²) in [7, 11) is 1.37. The maximum absolute atomic E-state index is 12.8. The van der Waals surface area contributed by atoms with Gasteiger partial charge in [0.1, 0.15) is 12.4 Å². The van der Waals surface area contributed by atoms with Crippen LogP contribution in [0.4, 0.5) is 4.39 Å². The van der Waals surface area contributed by atoms with Crippen LogP contribution in [0.2, 0.25) is 5.02 Å². The molecule has 0 heterocycles. The largest absolute Gasteiger partial charge is 0.377 e. The zero-order valence-electron chi connectivity index (χ0n) is 8.63. The molecule has 5 heteroatoms. The van der Waals surface area contributed by atoms with Crippen molar-refractivity contribution in [1.29, 1.82) is 0 Å². The van der Waals surface area contributed by atoms with E-state index >= 15 is 0 Å². The normalized spacial score (nSPS) is 10.2. The van der Waals surface area contributed by atoms with E-state index in [1.807, 2.05) is 0 Å². The molecule has 0 fully saturated rings. The van der Waals surface area contributed by atoms with E-state index in [1.165, 1.54) is 19.2 Å². The van der Waals surface area contributed by atoms with Crippen molar-refractivity contribution in [3.8, 4) is 0 Å². The van der Waals surface area contributed by atoms with Crippen molar-refractivity contribution in [2.75, 3.05) is 13.7 Å². The van der Waals surface area contributed by atoms with E-state index < -0.39 is 11.6 Å². The molecule has 0 spiro atoms. The lowest BCUT2D eigenvalue weighted by Crippen LogP contribution is -2.13. The number of benzene rings is 1. The fraction of sp³-hybridized carbons (Fsp3) is 0.273. The molecule has 86 valence electrons. The first-order valence-electron chi connectivity index (χ1n) is 4.53. The average molecular weight is 245 g/mol. The summed E-state index contributed by atoms with van der Waals surface area (Å²) in [5.74, 6) is -1.32. The van der Waals surface area contributed by atoms with Crippen LogP contribution in [0.25, 0.3) is 0 Å². The van der Waals surface area contributed by atoms with Crippen LogP contribution in [0.3, 0.4) is 0 Å². The Labute approximate surface area is 97.2 Å². The number of hydrogen-bond acceptors (Lipinski definition) is 3. The van der Waals surface area contributed by atoms with Gasteiger partial charge in [-0.3, -0.25) is 9.59 Å². The number of ether oxygens (including phenoxy) is 1. The van der Waals surface area contributed by atoms with E-state index in [-0.39, 0.29) is 29.4 Å². The third-order valence-electron chi connectivity index (χ3n) is 1.90. The number of halogens is 2. The van der Waals surface area contributed by atoms with Gasteiger partial charge in [0.2, 0.25) is 0 Å². The number of carbonyl (C=O) groups is 2. The second-order valence-corrected chi connectivity index (χ2v) is 3.61. The first-order chi connectivity index (χ1) is 7.54. The molecule has 1 rings (SSSR count). The first-order valence-corrected chi connectivity index (χ1v) is 4.91. The van der Waals surface area contributed by atoms with Gasteiger partial charge in [-0.15, -0.1) is 0 Å². The van der Waals surface area contributed by atoms with Gasteiger partial charge in [-0.05, 0) is 18.2 Å². The minimum atomic E-state index is -0.596. The van der Waals surface area contributed by atoms with Gasteiger partial charge in [0.15, 0.2) is 11.6 Å². The maximum Gasteiger partial charge on any atom is 0.170 e. The smallest absolute Gasteiger partial charge is 0.170 e. The van der Waals surface area contributed by atoms with E-state index in [1.54, 1.807) is 0 Å². The van der Waals surface area contributed by atoms with Gasteiger partial charge in [-0.2, -0.15) is 0 Å². The standard InChI is InChI=1S/C11H10ClFO3/c1-16-6-8(14)5-11(15)7-2-3-10(13)9(12)4-7/h2-4H,5-6H2,1H3. The molecule has 1 aromatic carbocycles. The first kappa shape index (κ1) is 12.8. The molecule has 0 bridgehead atoms. The predicted octanol–water partition coefficient (Wildman–Crippen LogP) is 2.27. The van der Waals surface area contributed by atoms with Crippen molar-refractivity contribution < 1.29 is 18.7 Å². The fourth-order valence-corrected chi connectivity index (χ4v) is 1.34. The molecule has 0 unspecified atom stereocenters. The highest BCUT2D eigenvalue weighted by Gasteiger charge is 2.13. The average Bonchev–Trinajstić information content (AvgIpc) is 2.22. The van der Waals surface area contributed by atoms with Crippen LogP contribution in [-0.4, -0.2) is 25.3 Å². The Morgan fingerprint density at radius 1 is 1.44 bits per heavy atom. The van der Waals surface area contributed by atoms with Crippen molar-refractivity contribution in [2.24, 2.45) is 0 Å². The highest BCUT2D eigenvalue weighted by Crippen LogP contribution is 2.17. The SMILES string of the molecule is COCC(=O)CC(=O)c1ccc(F)c(Cl)c1. The van der Waals surface area contributed by atoms with Crippen LogP contribution in [-0.2, 0) is 9.53 Å². The molecule has 0 aromatic heterocycles. The minimum Gasteiger partial charge on any atom is -0.377 e. The molecule has 0 radical (unpaired) electrons. The fourth-order valence-electron chi connectivity index (χ4n) is 1.16. The monoisotopic (exact) mass is 244 g/mol. The lowest BCUT2D eigenvalue weighted by Gasteiger charge is -2.01. The zero-order valence-corrected chi connectivity index (χ0v) is 9.38. The third kappa shape index (κ3) is 3.40. The lowest BCUT2D eigenvalue weighted by molar-refractivity contribution is -0.121. The number of Topliss-reactive ketones (excluding diaryl/α,β-unsaturated/α-hetero) is 2. The molecule has 0 N–H and O–H groups in total. The Morgan fingerprint density at radius 3 is 2.69 bits per heavy atom. The molecule has 1 aromatic rings. The predicted molar refractivity (Wildman–Crippen MR) is 57.2 cm³/mol. The Balaban J connectivity index is 2.73. The lowest BCUT2D eigenvalue weighted by atomic mass is 10.1. The van der Waals surface area contributed by atoms with Gasteiger partial charge < -0.3 is 4.74 Å². The van der Waals surface area contributed by atoms with E-state index in [9.17, 15) is 14.0 Å². The summed E-state index contributed by atoms with van der Waals surface area (Å²) in [6.07, 6.45) is -0.268. The van der Waals surface area contributed by atoms with E-state index in [4.69, 9.17) is 11.6 Å². The van der Waals surface area contributed by atoms with Gasteiger partial charge in [-0.25, -0.2) is 4.39 Å². The van der Waals surface area contributed by atoms with Gasteiger partial charge in [-0.1, -0.05) is 11.6 Å². The van der Waals surface area contributed by atoms with Gasteiger partial charge >= 0.3 is 0 Å². The van der Waals surface area contributed by atoms with Crippen LogP contribution in [0.15, 0.2) is 18.2 Å². The van der Waals surface area contributed by atoms with E-state index in [0.29, 0.717) is 0 Å². The highest BCUT2D eigenvalue weighted by molar-refractivity contribution is 6.31. The summed E-state index contributed by atoms with van der Waals surface area (Å²) >= 11 is 5.52. The Kier molecular flexibility index (Phi) is 4.58. The number of ketones is 2. The van der Waals surface area contributed by atoms with E-state index in [0.717, 1.165) is 6.07 Å².